The highest BCUT2D eigenvalue weighted by atomic mass is 19.1. The molecule has 0 spiro atoms. The number of carbonyl (C=O) groups excluding carboxylic acids is 1. The molecule has 0 saturated heterocycles. The number of furan rings is 1. The van der Waals surface area contributed by atoms with Gasteiger partial charge < -0.3 is 4.42 Å². The third-order valence-corrected chi connectivity index (χ3v) is 2.96. The highest BCUT2D eigenvalue weighted by Crippen LogP contribution is 2.24. The molecule has 0 saturated carbocycles. The molecular formula is C14H12F2O2. The predicted molar refractivity (Wildman–Crippen MR) is 62.7 cm³/mol. The molecule has 1 aromatic carbocycles. The molecule has 1 heterocycles. The molecule has 0 atom stereocenters. The lowest BCUT2D eigenvalue weighted by Crippen LogP contribution is -2.06. The summed E-state index contributed by atoms with van der Waals surface area (Å²) in [5.41, 5.74) is 0.877. The van der Waals surface area contributed by atoms with Crippen LogP contribution in [-0.2, 0) is 0 Å². The van der Waals surface area contributed by atoms with Crippen LogP contribution in [0.1, 0.15) is 33.0 Å². The average molecular weight is 250 g/mol. The Hall–Kier alpha value is -1.97. The van der Waals surface area contributed by atoms with E-state index in [1.54, 1.807) is 20.8 Å². The molecular weight excluding hydrogens is 238 g/mol. The van der Waals surface area contributed by atoms with Crippen molar-refractivity contribution in [3.05, 3.63) is 58.0 Å². The van der Waals surface area contributed by atoms with Crippen LogP contribution >= 0.6 is 0 Å². The van der Waals surface area contributed by atoms with Gasteiger partial charge in [0.1, 0.15) is 23.2 Å². The summed E-state index contributed by atoms with van der Waals surface area (Å²) in [6.45, 7) is 5.12. The fourth-order valence-corrected chi connectivity index (χ4v) is 1.94. The smallest absolute Gasteiger partial charge is 0.199 e. The Kier molecular flexibility index (Phi) is 3.03. The van der Waals surface area contributed by atoms with Crippen LogP contribution in [0, 0.1) is 32.4 Å². The molecule has 2 aromatic rings. The molecule has 4 heteroatoms. The minimum Gasteiger partial charge on any atom is -0.466 e. The maximum absolute atomic E-state index is 13.6. The van der Waals surface area contributed by atoms with Gasteiger partial charge in [0.25, 0.3) is 0 Å². The van der Waals surface area contributed by atoms with Crippen LogP contribution < -0.4 is 0 Å². The lowest BCUT2D eigenvalue weighted by molar-refractivity contribution is 0.103. The van der Waals surface area contributed by atoms with Crippen molar-refractivity contribution in [1.82, 2.24) is 0 Å². The van der Waals surface area contributed by atoms with Crippen molar-refractivity contribution in [2.75, 3.05) is 0 Å². The molecule has 94 valence electrons. The molecule has 0 bridgehead atoms. The predicted octanol–water partition coefficient (Wildman–Crippen LogP) is 3.71. The number of ketones is 1. The number of carbonyl (C=O) groups is 1. The van der Waals surface area contributed by atoms with Crippen LogP contribution in [0.3, 0.4) is 0 Å². The Balaban J connectivity index is 2.55. The molecule has 1 aromatic heterocycles. The minimum absolute atomic E-state index is 0.150. The monoisotopic (exact) mass is 250 g/mol. The average Bonchev–Trinajstić information content (AvgIpc) is 2.52. The summed E-state index contributed by atoms with van der Waals surface area (Å²) in [4.78, 5) is 12.2. The van der Waals surface area contributed by atoms with E-state index in [0.717, 1.165) is 12.1 Å². The zero-order valence-electron chi connectivity index (χ0n) is 10.3. The van der Waals surface area contributed by atoms with E-state index in [1.165, 1.54) is 0 Å². The largest absolute Gasteiger partial charge is 0.466 e. The topological polar surface area (TPSA) is 30.2 Å². The Morgan fingerprint density at radius 1 is 1.11 bits per heavy atom. The normalized spacial score (nSPS) is 10.7. The van der Waals surface area contributed by atoms with Crippen LogP contribution in [0.4, 0.5) is 8.78 Å². The van der Waals surface area contributed by atoms with Crippen LogP contribution in [0.15, 0.2) is 22.6 Å². The molecule has 0 radical (unpaired) electrons. The third-order valence-electron chi connectivity index (χ3n) is 2.96. The molecule has 0 unspecified atom stereocenters. The van der Waals surface area contributed by atoms with Crippen molar-refractivity contribution >= 4 is 5.78 Å². The highest BCUT2D eigenvalue weighted by Gasteiger charge is 2.22. The van der Waals surface area contributed by atoms with Gasteiger partial charge in [-0.1, -0.05) is 0 Å². The lowest BCUT2D eigenvalue weighted by atomic mass is 9.99. The first kappa shape index (κ1) is 12.5. The van der Waals surface area contributed by atoms with Gasteiger partial charge in [-0.05, 0) is 32.9 Å². The molecule has 2 rings (SSSR count). The van der Waals surface area contributed by atoms with E-state index in [2.05, 4.69) is 0 Å². The molecule has 0 fully saturated rings. The summed E-state index contributed by atoms with van der Waals surface area (Å²) in [5, 5.41) is 0. The number of hydrogen-bond acceptors (Lipinski definition) is 2. The maximum atomic E-state index is 13.6. The zero-order chi connectivity index (χ0) is 13.4. The first-order valence-corrected chi connectivity index (χ1v) is 5.48. The number of aryl methyl sites for hydroxylation is 2. The SMILES string of the molecule is Cc1oc(C)c(C(=O)c2ccc(F)cc2F)c1C. The summed E-state index contributed by atoms with van der Waals surface area (Å²) in [6.07, 6.45) is 0. The molecule has 0 aliphatic heterocycles. The molecule has 0 amide bonds. The van der Waals surface area contributed by atoms with Crippen molar-refractivity contribution in [1.29, 1.82) is 0 Å². The second-order valence-corrected chi connectivity index (χ2v) is 4.17. The number of rotatable bonds is 2. The Morgan fingerprint density at radius 2 is 1.78 bits per heavy atom. The van der Waals surface area contributed by atoms with E-state index in [-0.39, 0.29) is 5.56 Å². The van der Waals surface area contributed by atoms with E-state index in [0.29, 0.717) is 28.7 Å². The maximum Gasteiger partial charge on any atom is 0.199 e. The number of hydrogen-bond donors (Lipinski definition) is 0. The number of benzene rings is 1. The van der Waals surface area contributed by atoms with Gasteiger partial charge in [0.2, 0.25) is 0 Å². The van der Waals surface area contributed by atoms with Gasteiger partial charge in [-0.15, -0.1) is 0 Å². The van der Waals surface area contributed by atoms with Crippen molar-refractivity contribution in [2.45, 2.75) is 20.8 Å². The quantitative estimate of drug-likeness (QED) is 0.760. The summed E-state index contributed by atoms with van der Waals surface area (Å²) in [6, 6.07) is 2.91. The van der Waals surface area contributed by atoms with Gasteiger partial charge in [0.05, 0.1) is 11.1 Å². The van der Waals surface area contributed by atoms with Gasteiger partial charge in [-0.2, -0.15) is 0 Å². The number of halogens is 2. The van der Waals surface area contributed by atoms with Gasteiger partial charge in [-0.3, -0.25) is 4.79 Å². The Bertz CT molecular complexity index is 627. The van der Waals surface area contributed by atoms with Crippen LogP contribution in [-0.4, -0.2) is 5.78 Å². The second-order valence-electron chi connectivity index (χ2n) is 4.17. The van der Waals surface area contributed by atoms with Crippen LogP contribution in [0.2, 0.25) is 0 Å². The fraction of sp³-hybridized carbons (Fsp3) is 0.214. The molecule has 0 aliphatic rings. The van der Waals surface area contributed by atoms with E-state index >= 15 is 0 Å². The standard InChI is InChI=1S/C14H12F2O2/c1-7-8(2)18-9(3)13(7)14(17)11-5-4-10(15)6-12(11)16/h4-6H,1-3H3. The molecule has 0 aliphatic carbocycles. The highest BCUT2D eigenvalue weighted by molar-refractivity contribution is 6.10. The van der Waals surface area contributed by atoms with E-state index < -0.39 is 17.4 Å². The molecule has 2 nitrogen and oxygen atoms in total. The summed E-state index contributed by atoms with van der Waals surface area (Å²) < 4.78 is 31.7. The summed E-state index contributed by atoms with van der Waals surface area (Å²) >= 11 is 0. The van der Waals surface area contributed by atoms with Crippen LogP contribution in [0.25, 0.3) is 0 Å². The molecule has 0 N–H and O–H groups in total. The first-order chi connectivity index (χ1) is 8.41. The van der Waals surface area contributed by atoms with E-state index in [4.69, 9.17) is 4.42 Å². The molecule has 18 heavy (non-hydrogen) atoms. The van der Waals surface area contributed by atoms with Crippen molar-refractivity contribution in [2.24, 2.45) is 0 Å². The Morgan fingerprint density at radius 3 is 2.28 bits per heavy atom. The van der Waals surface area contributed by atoms with Crippen LogP contribution in [0.5, 0.6) is 0 Å². The van der Waals surface area contributed by atoms with Gasteiger partial charge in [-0.25, -0.2) is 8.78 Å². The van der Waals surface area contributed by atoms with Gasteiger partial charge in [0.15, 0.2) is 5.78 Å². The fourth-order valence-electron chi connectivity index (χ4n) is 1.94. The van der Waals surface area contributed by atoms with Crippen molar-refractivity contribution in [3.8, 4) is 0 Å². The summed E-state index contributed by atoms with van der Waals surface area (Å²) in [7, 11) is 0. The first-order valence-electron chi connectivity index (χ1n) is 5.48. The van der Waals surface area contributed by atoms with Crippen molar-refractivity contribution < 1.29 is 18.0 Å². The third kappa shape index (κ3) is 1.94. The lowest BCUT2D eigenvalue weighted by Gasteiger charge is -2.03. The minimum atomic E-state index is -0.863. The Labute approximate surface area is 103 Å². The van der Waals surface area contributed by atoms with Crippen molar-refractivity contribution in [3.63, 3.8) is 0 Å². The van der Waals surface area contributed by atoms with Gasteiger partial charge >= 0.3 is 0 Å². The summed E-state index contributed by atoms with van der Waals surface area (Å²) in [5.74, 6) is -0.991. The van der Waals surface area contributed by atoms with Gasteiger partial charge in [0, 0.05) is 11.6 Å². The van der Waals surface area contributed by atoms with E-state index in [1.807, 2.05) is 0 Å². The zero-order valence-corrected chi connectivity index (χ0v) is 10.3. The van der Waals surface area contributed by atoms with E-state index in [9.17, 15) is 13.6 Å². The second kappa shape index (κ2) is 4.37.